The summed E-state index contributed by atoms with van der Waals surface area (Å²) < 4.78 is 16.2. The Kier molecular flexibility index (Phi) is 6.66. The maximum Gasteiger partial charge on any atom is 0.257 e. The third-order valence-corrected chi connectivity index (χ3v) is 6.39. The number of rotatable bonds is 7. The minimum atomic E-state index is -0.654. The van der Waals surface area contributed by atoms with Crippen molar-refractivity contribution in [2.24, 2.45) is 13.0 Å². The second kappa shape index (κ2) is 10.2. The van der Waals surface area contributed by atoms with E-state index in [2.05, 4.69) is 36.7 Å². The minimum absolute atomic E-state index is 0.0374. The molecule has 0 radical (unpaired) electrons. The number of pyridine rings is 1. The molecule has 4 heterocycles. The quantitative estimate of drug-likeness (QED) is 0.358. The first kappa shape index (κ1) is 24.1. The Bertz CT molecular complexity index is 1520. The van der Waals surface area contributed by atoms with Crippen molar-refractivity contribution in [2.75, 3.05) is 31.5 Å². The van der Waals surface area contributed by atoms with Gasteiger partial charge in [0.1, 0.15) is 11.5 Å². The Balaban J connectivity index is 1.24. The van der Waals surface area contributed by atoms with Crippen LogP contribution in [-0.2, 0) is 7.05 Å². The lowest BCUT2D eigenvalue weighted by atomic mass is 10.1. The molecule has 0 bridgehead atoms. The topological polar surface area (TPSA) is 132 Å². The number of aryl methyl sites for hydroxylation is 1. The Morgan fingerprint density at radius 3 is 2.84 bits per heavy atom. The van der Waals surface area contributed by atoms with Crippen molar-refractivity contribution in [1.29, 1.82) is 5.26 Å². The number of anilines is 1. The molecule has 2 amide bonds. The number of likely N-dealkylation sites (tertiary alicyclic amines) is 1. The molecule has 1 atom stereocenters. The van der Waals surface area contributed by atoms with E-state index in [1.165, 1.54) is 18.3 Å². The van der Waals surface area contributed by atoms with Gasteiger partial charge < -0.3 is 20.5 Å². The van der Waals surface area contributed by atoms with E-state index in [0.717, 1.165) is 35.7 Å². The predicted octanol–water partition coefficient (Wildman–Crippen LogP) is 2.93. The average molecular weight is 501 g/mol. The van der Waals surface area contributed by atoms with Crippen LogP contribution >= 0.6 is 0 Å². The Morgan fingerprint density at radius 1 is 1.22 bits per heavy atom. The molecule has 11 heteroatoms. The van der Waals surface area contributed by atoms with E-state index in [0.29, 0.717) is 25.3 Å². The number of aromatic nitrogens is 4. The van der Waals surface area contributed by atoms with Crippen molar-refractivity contribution in [2.45, 2.75) is 6.42 Å². The highest BCUT2D eigenvalue weighted by molar-refractivity contribution is 6.06. The van der Waals surface area contributed by atoms with Crippen LogP contribution in [0.15, 0.2) is 48.9 Å². The largest absolute Gasteiger partial charge is 0.351 e. The first-order chi connectivity index (χ1) is 17.9. The molecule has 1 unspecified atom stereocenters. The minimum Gasteiger partial charge on any atom is -0.351 e. The number of hydrogen-bond acceptors (Lipinski definition) is 6. The van der Waals surface area contributed by atoms with Crippen LogP contribution < -0.4 is 10.6 Å². The number of carbonyl (C=O) groups is 2. The lowest BCUT2D eigenvalue weighted by Crippen LogP contribution is -2.33. The van der Waals surface area contributed by atoms with Gasteiger partial charge in [-0.1, -0.05) is 0 Å². The zero-order valence-electron chi connectivity index (χ0n) is 20.2. The van der Waals surface area contributed by atoms with Gasteiger partial charge in [-0.15, -0.1) is 0 Å². The monoisotopic (exact) mass is 500 g/mol. The molecule has 5 rings (SSSR count). The van der Waals surface area contributed by atoms with Gasteiger partial charge in [0.15, 0.2) is 0 Å². The molecule has 0 spiro atoms. The molecular formula is C26H25FN8O2. The molecule has 0 saturated carbocycles. The molecule has 3 aromatic heterocycles. The molecule has 37 heavy (non-hydrogen) atoms. The standard InChI is InChI=1S/C26H25FN8O2/c1-34-15-20(13-31-34)22-10-18-8-19(12-30-24(18)32-22)26(37)33-23-9-17(2-3-21(23)27)25(36)29-5-7-35-6-4-16(11-28)14-35/h2-3,8-10,12-13,15-16H,4-7,14H2,1H3,(H,29,36)(H,30,32)(H,33,37). The SMILES string of the molecule is Cn1cc(-c2cc3cc(C(=O)Nc4cc(C(=O)NCCN5CCC(C#N)C5)ccc4F)cnc3[nH]2)cn1. The predicted molar refractivity (Wildman–Crippen MR) is 135 cm³/mol. The number of nitrogens with zero attached hydrogens (tertiary/aromatic N) is 5. The second-order valence-electron chi connectivity index (χ2n) is 9.07. The van der Waals surface area contributed by atoms with Gasteiger partial charge in [-0.2, -0.15) is 10.4 Å². The molecule has 1 aliphatic rings. The number of fused-ring (bicyclic) bond motifs is 1. The highest BCUT2D eigenvalue weighted by Crippen LogP contribution is 2.24. The van der Waals surface area contributed by atoms with Gasteiger partial charge in [0.25, 0.3) is 11.8 Å². The normalized spacial score (nSPS) is 15.5. The van der Waals surface area contributed by atoms with Crippen LogP contribution in [0, 0.1) is 23.1 Å². The van der Waals surface area contributed by atoms with E-state index in [4.69, 9.17) is 5.26 Å². The second-order valence-corrected chi connectivity index (χ2v) is 9.07. The summed E-state index contributed by atoms with van der Waals surface area (Å²) in [6.07, 6.45) is 5.83. The number of nitrogens with one attached hydrogen (secondary N) is 3. The van der Waals surface area contributed by atoms with Crippen molar-refractivity contribution in [3.63, 3.8) is 0 Å². The van der Waals surface area contributed by atoms with E-state index >= 15 is 0 Å². The lowest BCUT2D eigenvalue weighted by Gasteiger charge is -2.15. The number of aromatic amines is 1. The highest BCUT2D eigenvalue weighted by atomic mass is 19.1. The fraction of sp³-hybridized carbons (Fsp3) is 0.269. The molecule has 1 aromatic carbocycles. The summed E-state index contributed by atoms with van der Waals surface area (Å²) in [5.41, 5.74) is 2.69. The summed E-state index contributed by atoms with van der Waals surface area (Å²) in [6, 6.07) is 9.63. The zero-order valence-corrected chi connectivity index (χ0v) is 20.2. The van der Waals surface area contributed by atoms with Crippen molar-refractivity contribution >= 4 is 28.5 Å². The molecule has 3 N–H and O–H groups in total. The van der Waals surface area contributed by atoms with E-state index in [1.54, 1.807) is 16.9 Å². The van der Waals surface area contributed by atoms with Crippen LogP contribution in [0.2, 0.25) is 0 Å². The number of H-pyrrole nitrogens is 1. The maximum atomic E-state index is 14.5. The first-order valence-corrected chi connectivity index (χ1v) is 11.9. The Hall–Kier alpha value is -4.56. The van der Waals surface area contributed by atoms with Gasteiger partial charge in [0.2, 0.25) is 0 Å². The van der Waals surface area contributed by atoms with E-state index in [1.807, 2.05) is 19.3 Å². The fourth-order valence-electron chi connectivity index (χ4n) is 4.38. The summed E-state index contributed by atoms with van der Waals surface area (Å²) in [4.78, 5) is 35.1. The van der Waals surface area contributed by atoms with Gasteiger partial charge in [0, 0.05) is 55.6 Å². The van der Waals surface area contributed by atoms with E-state index in [9.17, 15) is 14.0 Å². The third kappa shape index (κ3) is 5.34. The molecule has 0 aliphatic carbocycles. The molecule has 1 aliphatic heterocycles. The first-order valence-electron chi connectivity index (χ1n) is 11.9. The van der Waals surface area contributed by atoms with Crippen LogP contribution in [0.3, 0.4) is 0 Å². The van der Waals surface area contributed by atoms with Gasteiger partial charge in [-0.3, -0.25) is 14.3 Å². The average Bonchev–Trinajstić information content (AvgIpc) is 3.64. The fourth-order valence-corrected chi connectivity index (χ4v) is 4.38. The van der Waals surface area contributed by atoms with Crippen molar-refractivity contribution in [3.05, 3.63) is 65.9 Å². The Morgan fingerprint density at radius 2 is 2.08 bits per heavy atom. The summed E-state index contributed by atoms with van der Waals surface area (Å²) in [5.74, 6) is -1.53. The third-order valence-electron chi connectivity index (χ3n) is 6.39. The van der Waals surface area contributed by atoms with Crippen LogP contribution in [0.4, 0.5) is 10.1 Å². The van der Waals surface area contributed by atoms with Crippen LogP contribution in [-0.4, -0.2) is 62.6 Å². The number of hydrogen-bond donors (Lipinski definition) is 3. The van der Waals surface area contributed by atoms with Crippen molar-refractivity contribution in [3.8, 4) is 17.3 Å². The van der Waals surface area contributed by atoms with Crippen LogP contribution in [0.5, 0.6) is 0 Å². The molecule has 188 valence electrons. The van der Waals surface area contributed by atoms with E-state index < -0.39 is 11.7 Å². The summed E-state index contributed by atoms with van der Waals surface area (Å²) in [6.45, 7) is 2.56. The highest BCUT2D eigenvalue weighted by Gasteiger charge is 2.21. The lowest BCUT2D eigenvalue weighted by molar-refractivity contribution is 0.0948. The smallest absolute Gasteiger partial charge is 0.257 e. The number of nitriles is 1. The summed E-state index contributed by atoms with van der Waals surface area (Å²) in [7, 11) is 1.82. The Labute approximate surface area is 212 Å². The van der Waals surface area contributed by atoms with Gasteiger partial charge in [-0.05, 0) is 43.3 Å². The van der Waals surface area contributed by atoms with Gasteiger partial charge in [0.05, 0.1) is 35.1 Å². The molecule has 10 nitrogen and oxygen atoms in total. The number of halogens is 1. The zero-order chi connectivity index (χ0) is 25.9. The van der Waals surface area contributed by atoms with Gasteiger partial charge >= 0.3 is 0 Å². The summed E-state index contributed by atoms with van der Waals surface area (Å²) >= 11 is 0. The van der Waals surface area contributed by atoms with Crippen LogP contribution in [0.1, 0.15) is 27.1 Å². The van der Waals surface area contributed by atoms with Crippen molar-refractivity contribution < 1.29 is 14.0 Å². The summed E-state index contributed by atoms with van der Waals surface area (Å²) in [5, 5.41) is 19.2. The number of carbonyl (C=O) groups excluding carboxylic acids is 2. The van der Waals surface area contributed by atoms with Gasteiger partial charge in [-0.25, -0.2) is 9.37 Å². The maximum absolute atomic E-state index is 14.5. The van der Waals surface area contributed by atoms with Crippen LogP contribution in [0.25, 0.3) is 22.3 Å². The molecular weight excluding hydrogens is 475 g/mol. The molecule has 1 saturated heterocycles. The molecule has 1 fully saturated rings. The molecule has 4 aromatic rings. The number of amides is 2. The number of benzene rings is 1. The van der Waals surface area contributed by atoms with Crippen molar-refractivity contribution in [1.82, 2.24) is 30.0 Å². The van der Waals surface area contributed by atoms with E-state index in [-0.39, 0.29) is 28.6 Å².